The van der Waals surface area contributed by atoms with E-state index in [1.54, 1.807) is 19.1 Å². The van der Waals surface area contributed by atoms with Crippen molar-refractivity contribution in [3.05, 3.63) is 107 Å². The van der Waals surface area contributed by atoms with Crippen LogP contribution in [0.25, 0.3) is 10.8 Å². The minimum absolute atomic E-state index is 0.314. The zero-order valence-electron chi connectivity index (χ0n) is 17.8. The molecule has 32 heavy (non-hydrogen) atoms. The highest BCUT2D eigenvalue weighted by molar-refractivity contribution is 6.30. The fraction of sp³-hybridized carbons (Fsp3) is 0.148. The van der Waals surface area contributed by atoms with Gasteiger partial charge in [-0.15, -0.1) is 0 Å². The topological polar surface area (TPSA) is 47.6 Å². The fourth-order valence-corrected chi connectivity index (χ4v) is 3.63. The van der Waals surface area contributed by atoms with Gasteiger partial charge in [0.2, 0.25) is 0 Å². The first-order chi connectivity index (χ1) is 15.6. The van der Waals surface area contributed by atoms with Crippen molar-refractivity contribution < 1.29 is 14.3 Å². The number of anilines is 1. The van der Waals surface area contributed by atoms with Crippen molar-refractivity contribution in [1.82, 2.24) is 0 Å². The molecule has 0 atom stereocenters. The lowest BCUT2D eigenvalue weighted by Gasteiger charge is -2.16. The second-order valence-corrected chi connectivity index (χ2v) is 7.77. The number of fused-ring (bicyclic) bond motifs is 1. The summed E-state index contributed by atoms with van der Waals surface area (Å²) in [6.45, 7) is 3.19. The zero-order chi connectivity index (χ0) is 22.3. The predicted molar refractivity (Wildman–Crippen MR) is 129 cm³/mol. The average molecular weight is 446 g/mol. The highest BCUT2D eigenvalue weighted by atomic mass is 35.5. The molecule has 0 aliphatic heterocycles. The summed E-state index contributed by atoms with van der Waals surface area (Å²) < 4.78 is 11.2. The van der Waals surface area contributed by atoms with E-state index in [-0.39, 0.29) is 5.97 Å². The van der Waals surface area contributed by atoms with Crippen LogP contribution < -0.4 is 10.1 Å². The van der Waals surface area contributed by atoms with Crippen LogP contribution in [-0.4, -0.2) is 12.6 Å². The number of benzene rings is 4. The lowest BCUT2D eigenvalue weighted by molar-refractivity contribution is 0.0526. The van der Waals surface area contributed by atoms with E-state index in [1.165, 1.54) is 0 Å². The number of carbonyl (C=O) groups excluding carboxylic acids is 1. The maximum absolute atomic E-state index is 11.9. The van der Waals surface area contributed by atoms with Gasteiger partial charge >= 0.3 is 5.97 Å². The molecular weight excluding hydrogens is 422 g/mol. The number of esters is 1. The summed E-state index contributed by atoms with van der Waals surface area (Å²) >= 11 is 5.99. The van der Waals surface area contributed by atoms with Crippen LogP contribution in [0, 0.1) is 0 Å². The third-order valence-electron chi connectivity index (χ3n) is 5.17. The van der Waals surface area contributed by atoms with Gasteiger partial charge in [-0.3, -0.25) is 0 Å². The van der Waals surface area contributed by atoms with Crippen LogP contribution in [0.2, 0.25) is 5.02 Å². The molecule has 4 aromatic rings. The third kappa shape index (κ3) is 5.21. The Kier molecular flexibility index (Phi) is 6.93. The van der Waals surface area contributed by atoms with Gasteiger partial charge < -0.3 is 14.8 Å². The van der Waals surface area contributed by atoms with Gasteiger partial charge in [0.25, 0.3) is 0 Å². The van der Waals surface area contributed by atoms with E-state index in [9.17, 15) is 4.79 Å². The monoisotopic (exact) mass is 445 g/mol. The minimum Gasteiger partial charge on any atom is -0.489 e. The van der Waals surface area contributed by atoms with Crippen LogP contribution in [0.5, 0.6) is 5.75 Å². The first-order valence-electron chi connectivity index (χ1n) is 10.5. The molecule has 0 aliphatic rings. The number of nitrogens with one attached hydrogen (secondary N) is 1. The Bertz CT molecular complexity index is 1200. The molecule has 162 valence electrons. The van der Waals surface area contributed by atoms with Gasteiger partial charge in [0, 0.05) is 22.8 Å². The Morgan fingerprint density at radius 2 is 1.66 bits per heavy atom. The molecule has 5 heteroatoms. The number of ether oxygens (including phenoxy) is 2. The summed E-state index contributed by atoms with van der Waals surface area (Å²) in [5.41, 5.74) is 3.58. The normalized spacial score (nSPS) is 10.7. The molecule has 0 aliphatic carbocycles. The van der Waals surface area contributed by atoms with Crippen molar-refractivity contribution in [2.75, 3.05) is 11.9 Å². The summed E-state index contributed by atoms with van der Waals surface area (Å²) in [6, 6.07) is 27.3. The average Bonchev–Trinajstić information content (AvgIpc) is 2.83. The van der Waals surface area contributed by atoms with Crippen molar-refractivity contribution in [3.63, 3.8) is 0 Å². The Morgan fingerprint density at radius 3 is 2.41 bits per heavy atom. The van der Waals surface area contributed by atoms with E-state index >= 15 is 0 Å². The maximum Gasteiger partial charge on any atom is 0.338 e. The number of rotatable bonds is 8. The van der Waals surface area contributed by atoms with Gasteiger partial charge in [-0.1, -0.05) is 54.1 Å². The van der Waals surface area contributed by atoms with E-state index in [4.69, 9.17) is 21.1 Å². The van der Waals surface area contributed by atoms with E-state index in [0.29, 0.717) is 30.3 Å². The van der Waals surface area contributed by atoms with Gasteiger partial charge in [-0.2, -0.15) is 0 Å². The standard InChI is InChI=1S/C27H24ClNO3/c1-2-31-27(30)21-9-14-23(15-10-21)29-17-25-24-6-4-3-5-20(24)11-16-26(25)32-18-19-7-12-22(28)13-8-19/h3-16,29H,2,17-18H2,1H3. The summed E-state index contributed by atoms with van der Waals surface area (Å²) in [6.07, 6.45) is 0. The Hall–Kier alpha value is -3.50. The van der Waals surface area contributed by atoms with Gasteiger partial charge in [0.15, 0.2) is 0 Å². The lowest BCUT2D eigenvalue weighted by atomic mass is 10.0. The van der Waals surface area contributed by atoms with E-state index in [0.717, 1.165) is 33.3 Å². The number of carbonyl (C=O) groups is 1. The second kappa shape index (κ2) is 10.2. The van der Waals surface area contributed by atoms with Crippen LogP contribution in [0.15, 0.2) is 84.9 Å². The summed E-state index contributed by atoms with van der Waals surface area (Å²) in [5.74, 6) is 0.514. The highest BCUT2D eigenvalue weighted by Crippen LogP contribution is 2.30. The molecule has 0 spiro atoms. The van der Waals surface area contributed by atoms with E-state index in [1.807, 2.05) is 54.6 Å². The first-order valence-corrected chi connectivity index (χ1v) is 10.9. The van der Waals surface area contributed by atoms with Crippen molar-refractivity contribution >= 4 is 34.0 Å². The van der Waals surface area contributed by atoms with Crippen molar-refractivity contribution in [3.8, 4) is 5.75 Å². The second-order valence-electron chi connectivity index (χ2n) is 7.33. The Morgan fingerprint density at radius 1 is 0.906 bits per heavy atom. The molecule has 0 radical (unpaired) electrons. The molecule has 1 N–H and O–H groups in total. The minimum atomic E-state index is -0.314. The van der Waals surface area contributed by atoms with Crippen molar-refractivity contribution in [1.29, 1.82) is 0 Å². The Labute approximate surface area is 192 Å². The molecular formula is C27H24ClNO3. The smallest absolute Gasteiger partial charge is 0.338 e. The van der Waals surface area contributed by atoms with Crippen LogP contribution in [0.4, 0.5) is 5.69 Å². The molecule has 0 aromatic heterocycles. The molecule has 0 heterocycles. The summed E-state index contributed by atoms with van der Waals surface area (Å²) in [5, 5.41) is 6.44. The lowest BCUT2D eigenvalue weighted by Crippen LogP contribution is -2.06. The fourth-order valence-electron chi connectivity index (χ4n) is 3.50. The van der Waals surface area contributed by atoms with E-state index < -0.39 is 0 Å². The Balaban J connectivity index is 1.54. The molecule has 4 rings (SSSR count). The summed E-state index contributed by atoms with van der Waals surface area (Å²) in [7, 11) is 0. The maximum atomic E-state index is 11.9. The predicted octanol–water partition coefficient (Wildman–Crippen LogP) is 6.86. The van der Waals surface area contributed by atoms with Gasteiger partial charge in [0.05, 0.1) is 12.2 Å². The SMILES string of the molecule is CCOC(=O)c1ccc(NCc2c(OCc3ccc(Cl)cc3)ccc3ccccc23)cc1. The molecule has 0 saturated carbocycles. The molecule has 4 aromatic carbocycles. The van der Waals surface area contributed by atoms with E-state index in [2.05, 4.69) is 23.5 Å². The molecule has 0 amide bonds. The molecule has 0 fully saturated rings. The highest BCUT2D eigenvalue weighted by Gasteiger charge is 2.10. The summed E-state index contributed by atoms with van der Waals surface area (Å²) in [4.78, 5) is 11.9. The van der Waals surface area contributed by atoms with Crippen molar-refractivity contribution in [2.24, 2.45) is 0 Å². The zero-order valence-corrected chi connectivity index (χ0v) is 18.6. The largest absolute Gasteiger partial charge is 0.489 e. The van der Waals surface area contributed by atoms with Gasteiger partial charge in [-0.25, -0.2) is 4.79 Å². The quantitative estimate of drug-likeness (QED) is 0.301. The van der Waals surface area contributed by atoms with Crippen LogP contribution in [0.3, 0.4) is 0 Å². The van der Waals surface area contributed by atoms with Crippen LogP contribution >= 0.6 is 11.6 Å². The number of hydrogen-bond acceptors (Lipinski definition) is 4. The number of hydrogen-bond donors (Lipinski definition) is 1. The van der Waals surface area contributed by atoms with Crippen LogP contribution in [-0.2, 0) is 17.9 Å². The van der Waals surface area contributed by atoms with Crippen molar-refractivity contribution in [2.45, 2.75) is 20.1 Å². The van der Waals surface area contributed by atoms with Crippen LogP contribution in [0.1, 0.15) is 28.4 Å². The van der Waals surface area contributed by atoms with Gasteiger partial charge in [0.1, 0.15) is 12.4 Å². The first kappa shape index (κ1) is 21.7. The molecule has 4 nitrogen and oxygen atoms in total. The third-order valence-corrected chi connectivity index (χ3v) is 5.42. The molecule has 0 unspecified atom stereocenters. The van der Waals surface area contributed by atoms with Gasteiger partial charge in [-0.05, 0) is 65.7 Å². The number of halogens is 1. The molecule has 0 bridgehead atoms. The molecule has 0 saturated heterocycles.